The zero-order chi connectivity index (χ0) is 14.5. The summed E-state index contributed by atoms with van der Waals surface area (Å²) in [4.78, 5) is 14.7. The van der Waals surface area contributed by atoms with Crippen LogP contribution >= 0.6 is 11.8 Å². The molecule has 1 N–H and O–H groups in total. The molecule has 0 heterocycles. The summed E-state index contributed by atoms with van der Waals surface area (Å²) in [5, 5.41) is 9.22. The molecular formula is C15H20FNO2S. The predicted octanol–water partition coefficient (Wildman–Crippen LogP) is 2.54. The van der Waals surface area contributed by atoms with Crippen molar-refractivity contribution >= 4 is 17.7 Å². The number of benzene rings is 1. The van der Waals surface area contributed by atoms with Crippen LogP contribution in [0.15, 0.2) is 29.2 Å². The number of hydrogen-bond acceptors (Lipinski definition) is 3. The van der Waals surface area contributed by atoms with Gasteiger partial charge < -0.3 is 10.0 Å². The monoisotopic (exact) mass is 297 g/mol. The number of carbonyl (C=O) groups is 1. The van der Waals surface area contributed by atoms with Crippen molar-refractivity contribution in [3.8, 4) is 0 Å². The van der Waals surface area contributed by atoms with Gasteiger partial charge in [0, 0.05) is 30.7 Å². The normalized spacial score (nSPS) is 21.4. The summed E-state index contributed by atoms with van der Waals surface area (Å²) in [7, 11) is 1.82. The van der Waals surface area contributed by atoms with Crippen molar-refractivity contribution in [2.75, 3.05) is 19.3 Å². The molecule has 0 saturated heterocycles. The molecule has 0 unspecified atom stereocenters. The van der Waals surface area contributed by atoms with Gasteiger partial charge in [0.1, 0.15) is 5.82 Å². The average Bonchev–Trinajstić information content (AvgIpc) is 2.39. The number of thioether (sulfide) groups is 1. The third-order valence-electron chi connectivity index (χ3n) is 3.57. The Morgan fingerprint density at radius 3 is 2.65 bits per heavy atom. The number of halogens is 1. The number of hydrogen-bond donors (Lipinski definition) is 1. The van der Waals surface area contributed by atoms with Gasteiger partial charge in [-0.2, -0.15) is 0 Å². The summed E-state index contributed by atoms with van der Waals surface area (Å²) < 4.78 is 12.7. The highest BCUT2D eigenvalue weighted by atomic mass is 32.2. The van der Waals surface area contributed by atoms with Crippen LogP contribution in [-0.4, -0.2) is 41.4 Å². The van der Waals surface area contributed by atoms with Gasteiger partial charge in [0.2, 0.25) is 5.91 Å². The number of aliphatic hydroxyl groups is 1. The lowest BCUT2D eigenvalue weighted by atomic mass is 9.82. The zero-order valence-electron chi connectivity index (χ0n) is 11.6. The van der Waals surface area contributed by atoms with Gasteiger partial charge >= 0.3 is 0 Å². The van der Waals surface area contributed by atoms with Crippen LogP contribution in [0.25, 0.3) is 0 Å². The van der Waals surface area contributed by atoms with E-state index in [-0.39, 0.29) is 17.8 Å². The fourth-order valence-corrected chi connectivity index (χ4v) is 3.16. The highest BCUT2D eigenvalue weighted by Gasteiger charge is 2.28. The van der Waals surface area contributed by atoms with Crippen molar-refractivity contribution in [2.45, 2.75) is 30.3 Å². The van der Waals surface area contributed by atoms with E-state index in [0.29, 0.717) is 18.1 Å². The highest BCUT2D eigenvalue weighted by Crippen LogP contribution is 2.27. The molecule has 0 aliphatic heterocycles. The molecule has 1 aliphatic rings. The van der Waals surface area contributed by atoms with Crippen LogP contribution in [0.3, 0.4) is 0 Å². The lowest BCUT2D eigenvalue weighted by Gasteiger charge is -2.34. The molecule has 3 nitrogen and oxygen atoms in total. The number of amides is 1. The summed E-state index contributed by atoms with van der Waals surface area (Å²) in [5.41, 5.74) is 0. The Morgan fingerprint density at radius 2 is 2.05 bits per heavy atom. The van der Waals surface area contributed by atoms with Crippen LogP contribution in [0.4, 0.5) is 4.39 Å². The molecule has 110 valence electrons. The van der Waals surface area contributed by atoms with E-state index in [1.54, 1.807) is 28.8 Å². The minimum atomic E-state index is -0.243. The van der Waals surface area contributed by atoms with Crippen LogP contribution in [-0.2, 0) is 4.79 Å². The van der Waals surface area contributed by atoms with Gasteiger partial charge in [-0.3, -0.25) is 4.79 Å². The van der Waals surface area contributed by atoms with Gasteiger partial charge in [-0.15, -0.1) is 11.8 Å². The second kappa shape index (κ2) is 7.09. The minimum absolute atomic E-state index is 0.126. The summed E-state index contributed by atoms with van der Waals surface area (Å²) in [6.07, 6.45) is 1.93. The third kappa shape index (κ3) is 4.49. The van der Waals surface area contributed by atoms with E-state index >= 15 is 0 Å². The first-order chi connectivity index (χ1) is 9.54. The van der Waals surface area contributed by atoms with E-state index in [0.717, 1.165) is 24.3 Å². The molecule has 1 aromatic carbocycles. The molecule has 1 amide bonds. The fraction of sp³-hybridized carbons (Fsp3) is 0.533. The van der Waals surface area contributed by atoms with E-state index in [2.05, 4.69) is 0 Å². The first-order valence-electron chi connectivity index (χ1n) is 6.85. The smallest absolute Gasteiger partial charge is 0.223 e. The number of rotatable bonds is 6. The Bertz CT molecular complexity index is 446. The van der Waals surface area contributed by atoms with Crippen molar-refractivity contribution in [1.82, 2.24) is 4.90 Å². The molecule has 0 bridgehead atoms. The minimum Gasteiger partial charge on any atom is -0.393 e. The lowest BCUT2D eigenvalue weighted by molar-refractivity contribution is -0.131. The van der Waals surface area contributed by atoms with Crippen LogP contribution in [0.1, 0.15) is 19.3 Å². The molecule has 0 atom stereocenters. The SMILES string of the molecule is CN(CC1CC(O)C1)C(=O)CCSc1ccc(F)cc1. The van der Waals surface area contributed by atoms with Crippen LogP contribution < -0.4 is 0 Å². The Morgan fingerprint density at radius 1 is 1.40 bits per heavy atom. The van der Waals surface area contributed by atoms with E-state index in [1.165, 1.54) is 12.1 Å². The number of aliphatic hydroxyl groups excluding tert-OH is 1. The molecule has 2 rings (SSSR count). The molecule has 20 heavy (non-hydrogen) atoms. The largest absolute Gasteiger partial charge is 0.393 e. The quantitative estimate of drug-likeness (QED) is 0.820. The summed E-state index contributed by atoms with van der Waals surface area (Å²) in [5.74, 6) is 1.03. The molecule has 1 fully saturated rings. The summed E-state index contributed by atoms with van der Waals surface area (Å²) >= 11 is 1.56. The summed E-state index contributed by atoms with van der Waals surface area (Å²) in [6, 6.07) is 6.31. The molecule has 1 aliphatic carbocycles. The first-order valence-corrected chi connectivity index (χ1v) is 7.83. The Labute approximate surface area is 123 Å². The van der Waals surface area contributed by atoms with Gasteiger partial charge in [0.15, 0.2) is 0 Å². The number of carbonyl (C=O) groups excluding carboxylic acids is 1. The Hall–Kier alpha value is -1.07. The van der Waals surface area contributed by atoms with Gasteiger partial charge in [0.25, 0.3) is 0 Å². The van der Waals surface area contributed by atoms with E-state index in [9.17, 15) is 14.3 Å². The molecule has 1 saturated carbocycles. The molecule has 0 radical (unpaired) electrons. The molecule has 1 aromatic rings. The zero-order valence-corrected chi connectivity index (χ0v) is 12.4. The van der Waals surface area contributed by atoms with Crippen molar-refractivity contribution in [1.29, 1.82) is 0 Å². The third-order valence-corrected chi connectivity index (χ3v) is 4.58. The Balaban J connectivity index is 1.65. The van der Waals surface area contributed by atoms with E-state index < -0.39 is 0 Å². The molecular weight excluding hydrogens is 277 g/mol. The maximum Gasteiger partial charge on any atom is 0.223 e. The van der Waals surface area contributed by atoms with Crippen molar-refractivity contribution < 1.29 is 14.3 Å². The summed E-state index contributed by atoms with van der Waals surface area (Å²) in [6.45, 7) is 0.733. The van der Waals surface area contributed by atoms with E-state index in [4.69, 9.17) is 0 Å². The van der Waals surface area contributed by atoms with Crippen molar-refractivity contribution in [2.24, 2.45) is 5.92 Å². The fourth-order valence-electron chi connectivity index (χ4n) is 2.32. The maximum absolute atomic E-state index is 12.7. The molecule has 5 heteroatoms. The second-order valence-corrected chi connectivity index (χ2v) is 6.49. The predicted molar refractivity (Wildman–Crippen MR) is 78.1 cm³/mol. The van der Waals surface area contributed by atoms with Crippen LogP contribution in [0.5, 0.6) is 0 Å². The van der Waals surface area contributed by atoms with Gasteiger partial charge in [-0.25, -0.2) is 4.39 Å². The highest BCUT2D eigenvalue weighted by molar-refractivity contribution is 7.99. The van der Waals surface area contributed by atoms with Gasteiger partial charge in [-0.05, 0) is 43.0 Å². The van der Waals surface area contributed by atoms with Gasteiger partial charge in [-0.1, -0.05) is 0 Å². The molecule has 0 aromatic heterocycles. The molecule has 0 spiro atoms. The second-order valence-electron chi connectivity index (χ2n) is 5.32. The standard InChI is InChI=1S/C15H20FNO2S/c1-17(10-11-8-13(18)9-11)15(19)6-7-20-14-4-2-12(16)3-5-14/h2-5,11,13,18H,6-10H2,1H3. The average molecular weight is 297 g/mol. The first kappa shape index (κ1) is 15.3. The van der Waals surface area contributed by atoms with Crippen LogP contribution in [0, 0.1) is 11.7 Å². The van der Waals surface area contributed by atoms with Crippen LogP contribution in [0.2, 0.25) is 0 Å². The lowest BCUT2D eigenvalue weighted by Crippen LogP contribution is -2.39. The van der Waals surface area contributed by atoms with E-state index in [1.807, 2.05) is 7.05 Å². The Kier molecular flexibility index (Phi) is 5.43. The van der Waals surface area contributed by atoms with Gasteiger partial charge in [0.05, 0.1) is 6.10 Å². The topological polar surface area (TPSA) is 40.5 Å². The van der Waals surface area contributed by atoms with Crippen molar-refractivity contribution in [3.63, 3.8) is 0 Å². The van der Waals surface area contributed by atoms with Crippen molar-refractivity contribution in [3.05, 3.63) is 30.1 Å². The number of nitrogens with zero attached hydrogens (tertiary/aromatic N) is 1. The maximum atomic E-state index is 12.7.